The second-order valence-electron chi connectivity index (χ2n) is 4.95. The lowest BCUT2D eigenvalue weighted by Gasteiger charge is -2.19. The van der Waals surface area contributed by atoms with Gasteiger partial charge in [0.05, 0.1) is 5.52 Å². The second-order valence-corrected chi connectivity index (χ2v) is 6.55. The topological polar surface area (TPSA) is 24.9 Å². The van der Waals surface area contributed by atoms with Gasteiger partial charge in [0, 0.05) is 31.9 Å². The van der Waals surface area contributed by atoms with Crippen LogP contribution in [0.15, 0.2) is 12.1 Å². The van der Waals surface area contributed by atoms with Crippen molar-refractivity contribution in [1.82, 2.24) is 4.98 Å². The Hall–Kier alpha value is -0.550. The van der Waals surface area contributed by atoms with Crippen molar-refractivity contribution >= 4 is 50.8 Å². The number of rotatable bonds is 3. The number of halogens is 2. The van der Waals surface area contributed by atoms with Gasteiger partial charge >= 0.3 is 0 Å². The monoisotopic (exact) mass is 388 g/mol. The van der Waals surface area contributed by atoms with Crippen molar-refractivity contribution in [3.05, 3.63) is 32.0 Å². The zero-order chi connectivity index (χ0) is 14.2. The first-order chi connectivity index (χ1) is 8.95. The molecule has 0 aliphatic carbocycles. The molecule has 0 bridgehead atoms. The minimum absolute atomic E-state index is 0.433. The molecule has 0 amide bonds. The first kappa shape index (κ1) is 14.9. The van der Waals surface area contributed by atoms with Gasteiger partial charge in [-0.3, -0.25) is 4.98 Å². The van der Waals surface area contributed by atoms with Gasteiger partial charge in [0.25, 0.3) is 0 Å². The molecule has 1 aromatic carbocycles. The summed E-state index contributed by atoms with van der Waals surface area (Å²) in [6.07, 6.45) is 0. The van der Waals surface area contributed by atoms with E-state index in [4.69, 9.17) is 16.6 Å². The molecule has 0 unspecified atom stereocenters. The number of fused-ring (bicyclic) bond motifs is 1. The molecule has 102 valence electrons. The lowest BCUT2D eigenvalue weighted by atomic mass is 9.96. The Morgan fingerprint density at radius 1 is 1.37 bits per heavy atom. The van der Waals surface area contributed by atoms with Gasteiger partial charge in [-0.1, -0.05) is 25.4 Å². The minimum atomic E-state index is 0.433. The average Bonchev–Trinajstić information content (AvgIpc) is 2.30. The van der Waals surface area contributed by atoms with Crippen molar-refractivity contribution in [1.29, 1.82) is 0 Å². The molecule has 2 nitrogen and oxygen atoms in total. The summed E-state index contributed by atoms with van der Waals surface area (Å²) in [5, 5.41) is 5.37. The van der Waals surface area contributed by atoms with Gasteiger partial charge in [-0.05, 0) is 60.1 Å². The number of pyridine rings is 1. The quantitative estimate of drug-likeness (QED) is 0.716. The molecule has 19 heavy (non-hydrogen) atoms. The highest BCUT2D eigenvalue weighted by Gasteiger charge is 2.16. The number of nitrogens with zero attached hydrogens (tertiary/aromatic N) is 1. The standard InChI is InChI=1S/C15H18ClIN2/c1-5-18-15-11-6-10(16)7-12(17)14(11)19-9(4)13(15)8(2)3/h6-8H,5H2,1-4H3,(H,18,19). The van der Waals surface area contributed by atoms with Gasteiger partial charge in [0.1, 0.15) is 0 Å². The normalized spacial score (nSPS) is 11.3. The number of hydrogen-bond donors (Lipinski definition) is 1. The third kappa shape index (κ3) is 2.82. The van der Waals surface area contributed by atoms with Crippen LogP contribution < -0.4 is 5.32 Å². The predicted molar refractivity (Wildman–Crippen MR) is 92.5 cm³/mol. The molecule has 1 N–H and O–H groups in total. The zero-order valence-corrected chi connectivity index (χ0v) is 14.6. The summed E-state index contributed by atoms with van der Waals surface area (Å²) in [7, 11) is 0. The maximum Gasteiger partial charge on any atom is 0.0860 e. The molecular formula is C15H18ClIN2. The van der Waals surface area contributed by atoms with E-state index < -0.39 is 0 Å². The van der Waals surface area contributed by atoms with E-state index in [1.807, 2.05) is 12.1 Å². The summed E-state index contributed by atoms with van der Waals surface area (Å²) < 4.78 is 1.10. The zero-order valence-electron chi connectivity index (χ0n) is 11.6. The van der Waals surface area contributed by atoms with Crippen LogP contribution >= 0.6 is 34.2 Å². The van der Waals surface area contributed by atoms with Crippen LogP contribution in [0.3, 0.4) is 0 Å². The summed E-state index contributed by atoms with van der Waals surface area (Å²) >= 11 is 8.51. The van der Waals surface area contributed by atoms with Gasteiger partial charge in [-0.15, -0.1) is 0 Å². The fourth-order valence-electron chi connectivity index (χ4n) is 2.50. The Labute approximate surface area is 133 Å². The maximum absolute atomic E-state index is 6.21. The third-order valence-electron chi connectivity index (χ3n) is 3.17. The van der Waals surface area contributed by atoms with Crippen molar-refractivity contribution in [2.24, 2.45) is 0 Å². The Balaban J connectivity index is 2.89. The number of aromatic nitrogens is 1. The molecule has 0 saturated heterocycles. The first-order valence-corrected chi connectivity index (χ1v) is 7.94. The van der Waals surface area contributed by atoms with Crippen molar-refractivity contribution in [3.8, 4) is 0 Å². The molecule has 0 fully saturated rings. The van der Waals surface area contributed by atoms with E-state index in [2.05, 4.69) is 55.6 Å². The van der Waals surface area contributed by atoms with E-state index in [1.165, 1.54) is 11.3 Å². The van der Waals surface area contributed by atoms with Crippen molar-refractivity contribution in [3.63, 3.8) is 0 Å². The van der Waals surface area contributed by atoms with Crippen LogP contribution in [0.5, 0.6) is 0 Å². The van der Waals surface area contributed by atoms with Crippen LogP contribution in [0.2, 0.25) is 5.02 Å². The van der Waals surface area contributed by atoms with Gasteiger partial charge in [0.2, 0.25) is 0 Å². The number of nitrogens with one attached hydrogen (secondary N) is 1. The molecule has 0 radical (unpaired) electrons. The van der Waals surface area contributed by atoms with Crippen LogP contribution in [-0.4, -0.2) is 11.5 Å². The summed E-state index contributed by atoms with van der Waals surface area (Å²) in [6.45, 7) is 9.49. The first-order valence-electron chi connectivity index (χ1n) is 6.48. The van der Waals surface area contributed by atoms with E-state index in [0.29, 0.717) is 5.92 Å². The van der Waals surface area contributed by atoms with Crippen molar-refractivity contribution in [2.75, 3.05) is 11.9 Å². The molecule has 1 aromatic heterocycles. The number of hydrogen-bond acceptors (Lipinski definition) is 2. The Bertz CT molecular complexity index is 623. The smallest absolute Gasteiger partial charge is 0.0860 e. The van der Waals surface area contributed by atoms with Gasteiger partial charge < -0.3 is 5.32 Å². The fraction of sp³-hybridized carbons (Fsp3) is 0.400. The van der Waals surface area contributed by atoms with Crippen molar-refractivity contribution < 1.29 is 0 Å². The van der Waals surface area contributed by atoms with Gasteiger partial charge in [-0.25, -0.2) is 0 Å². The average molecular weight is 389 g/mol. The molecule has 0 spiro atoms. The number of aryl methyl sites for hydroxylation is 1. The fourth-order valence-corrected chi connectivity index (χ4v) is 3.65. The van der Waals surface area contributed by atoms with E-state index >= 15 is 0 Å². The molecule has 2 aromatic rings. The van der Waals surface area contributed by atoms with Gasteiger partial charge in [0.15, 0.2) is 0 Å². The van der Waals surface area contributed by atoms with E-state index in [0.717, 1.165) is 31.7 Å². The maximum atomic E-state index is 6.21. The number of benzene rings is 1. The Kier molecular flexibility index (Phi) is 4.56. The van der Waals surface area contributed by atoms with E-state index in [1.54, 1.807) is 0 Å². The molecule has 4 heteroatoms. The Morgan fingerprint density at radius 3 is 2.63 bits per heavy atom. The van der Waals surface area contributed by atoms with Crippen molar-refractivity contribution in [2.45, 2.75) is 33.6 Å². The highest BCUT2D eigenvalue weighted by atomic mass is 127. The SMILES string of the molecule is CCNc1c(C(C)C)c(C)nc2c(I)cc(Cl)cc12. The van der Waals surface area contributed by atoms with Crippen LogP contribution in [-0.2, 0) is 0 Å². The molecule has 0 saturated carbocycles. The van der Waals surface area contributed by atoms with Gasteiger partial charge in [-0.2, -0.15) is 0 Å². The second kappa shape index (κ2) is 5.83. The van der Waals surface area contributed by atoms with Crippen LogP contribution in [0, 0.1) is 10.5 Å². The molecule has 0 atom stereocenters. The lowest BCUT2D eigenvalue weighted by Crippen LogP contribution is -2.07. The molecule has 1 heterocycles. The predicted octanol–water partition coefficient (Wildman–Crippen LogP) is 5.36. The largest absolute Gasteiger partial charge is 0.384 e. The number of anilines is 1. The summed E-state index contributed by atoms with van der Waals surface area (Å²) in [4.78, 5) is 4.77. The van der Waals surface area contributed by atoms with E-state index in [-0.39, 0.29) is 0 Å². The highest BCUT2D eigenvalue weighted by Crippen LogP contribution is 2.36. The summed E-state index contributed by atoms with van der Waals surface area (Å²) in [5.74, 6) is 0.433. The minimum Gasteiger partial charge on any atom is -0.384 e. The van der Waals surface area contributed by atoms with Crippen LogP contribution in [0.4, 0.5) is 5.69 Å². The molecule has 2 rings (SSSR count). The molecule has 0 aliphatic heterocycles. The van der Waals surface area contributed by atoms with E-state index in [9.17, 15) is 0 Å². The third-order valence-corrected chi connectivity index (χ3v) is 4.21. The highest BCUT2D eigenvalue weighted by molar-refractivity contribution is 14.1. The Morgan fingerprint density at radius 2 is 2.05 bits per heavy atom. The lowest BCUT2D eigenvalue weighted by molar-refractivity contribution is 0.848. The van der Waals surface area contributed by atoms with Crippen LogP contribution in [0.25, 0.3) is 10.9 Å². The molecular weight excluding hydrogens is 371 g/mol. The van der Waals surface area contributed by atoms with Crippen LogP contribution in [0.1, 0.15) is 37.9 Å². The summed E-state index contributed by atoms with van der Waals surface area (Å²) in [6, 6.07) is 3.97. The summed E-state index contributed by atoms with van der Waals surface area (Å²) in [5.41, 5.74) is 4.59. The molecule has 0 aliphatic rings.